The van der Waals surface area contributed by atoms with Crippen molar-refractivity contribution < 1.29 is 8.42 Å². The van der Waals surface area contributed by atoms with E-state index in [1.54, 1.807) is 17.8 Å². The number of benzene rings is 1. The van der Waals surface area contributed by atoms with Gasteiger partial charge in [-0.15, -0.1) is 0 Å². The fourth-order valence-corrected chi connectivity index (χ4v) is 3.88. The Morgan fingerprint density at radius 2 is 1.70 bits per heavy atom. The quantitative estimate of drug-likeness (QED) is 0.880. The molecule has 0 fully saturated rings. The summed E-state index contributed by atoms with van der Waals surface area (Å²) in [6.45, 7) is 10.4. The molecule has 0 aliphatic rings. The van der Waals surface area contributed by atoms with Crippen LogP contribution in [-0.4, -0.2) is 18.2 Å². The van der Waals surface area contributed by atoms with E-state index in [4.69, 9.17) is 0 Å². The Morgan fingerprint density at radius 1 is 1.13 bits per heavy atom. The molecule has 0 aliphatic heterocycles. The van der Waals surface area contributed by atoms with E-state index in [9.17, 15) is 8.42 Å². The molecular formula is C17H25N3O2S. The summed E-state index contributed by atoms with van der Waals surface area (Å²) >= 11 is 0. The number of nitrogens with zero attached hydrogens (tertiary/aromatic N) is 2. The molecule has 0 amide bonds. The van der Waals surface area contributed by atoms with Crippen LogP contribution in [0.4, 0.5) is 0 Å². The summed E-state index contributed by atoms with van der Waals surface area (Å²) in [4.78, 5) is 0.241. The first-order chi connectivity index (χ1) is 10.7. The smallest absolute Gasteiger partial charge is 0.244 e. The highest BCUT2D eigenvalue weighted by atomic mass is 32.2. The second-order valence-electron chi connectivity index (χ2n) is 6.10. The molecule has 1 aromatic carbocycles. The van der Waals surface area contributed by atoms with Crippen LogP contribution in [0.3, 0.4) is 0 Å². The number of rotatable bonds is 6. The summed E-state index contributed by atoms with van der Waals surface area (Å²) < 4.78 is 29.5. The minimum atomic E-state index is -3.59. The molecule has 1 atom stereocenters. The Morgan fingerprint density at radius 3 is 2.17 bits per heavy atom. The lowest BCUT2D eigenvalue weighted by Crippen LogP contribution is -2.27. The van der Waals surface area contributed by atoms with Gasteiger partial charge < -0.3 is 0 Å². The third-order valence-corrected chi connectivity index (χ3v) is 5.59. The highest BCUT2D eigenvalue weighted by molar-refractivity contribution is 7.89. The average molecular weight is 335 g/mol. The fourth-order valence-electron chi connectivity index (χ4n) is 2.46. The van der Waals surface area contributed by atoms with Crippen molar-refractivity contribution in [2.45, 2.75) is 58.0 Å². The molecule has 0 bridgehead atoms. The molecule has 6 heteroatoms. The Kier molecular flexibility index (Phi) is 5.26. The van der Waals surface area contributed by atoms with E-state index in [1.807, 2.05) is 38.1 Å². The Bertz CT molecular complexity index is 762. The van der Waals surface area contributed by atoms with Gasteiger partial charge >= 0.3 is 0 Å². The van der Waals surface area contributed by atoms with Crippen LogP contribution in [-0.2, 0) is 16.6 Å². The van der Waals surface area contributed by atoms with Crippen molar-refractivity contribution in [2.24, 2.45) is 0 Å². The van der Waals surface area contributed by atoms with E-state index >= 15 is 0 Å². The zero-order chi connectivity index (χ0) is 17.2. The van der Waals surface area contributed by atoms with E-state index in [-0.39, 0.29) is 10.9 Å². The zero-order valence-electron chi connectivity index (χ0n) is 14.4. The van der Waals surface area contributed by atoms with Gasteiger partial charge in [0.15, 0.2) is 0 Å². The summed E-state index contributed by atoms with van der Waals surface area (Å²) in [5, 5.41) is 4.20. The number of aromatic nitrogens is 2. The Labute approximate surface area is 138 Å². The molecule has 0 radical (unpaired) electrons. The van der Waals surface area contributed by atoms with Crippen LogP contribution in [0.1, 0.15) is 56.5 Å². The van der Waals surface area contributed by atoms with Crippen molar-refractivity contribution in [2.75, 3.05) is 0 Å². The van der Waals surface area contributed by atoms with E-state index in [2.05, 4.69) is 23.7 Å². The van der Waals surface area contributed by atoms with Crippen molar-refractivity contribution in [3.8, 4) is 0 Å². The van der Waals surface area contributed by atoms with Crippen molar-refractivity contribution in [1.29, 1.82) is 0 Å². The maximum atomic E-state index is 12.6. The van der Waals surface area contributed by atoms with Crippen molar-refractivity contribution in [1.82, 2.24) is 14.5 Å². The van der Waals surface area contributed by atoms with E-state index < -0.39 is 10.0 Å². The molecule has 1 heterocycles. The molecule has 2 aromatic rings. The SMILES string of the molecule is CCn1cc(S(=O)(=O)NC(C)c2ccc(C(C)C)cc2)c(C)n1. The van der Waals surface area contributed by atoms with E-state index in [0.29, 0.717) is 18.2 Å². The van der Waals surface area contributed by atoms with Crippen molar-refractivity contribution >= 4 is 10.0 Å². The number of hydrogen-bond donors (Lipinski definition) is 1. The molecular weight excluding hydrogens is 310 g/mol. The molecule has 0 saturated carbocycles. The van der Waals surface area contributed by atoms with Crippen LogP contribution >= 0.6 is 0 Å². The zero-order valence-corrected chi connectivity index (χ0v) is 15.2. The average Bonchev–Trinajstić information content (AvgIpc) is 2.89. The van der Waals surface area contributed by atoms with Gasteiger partial charge in [0.05, 0.1) is 5.69 Å². The minimum Gasteiger partial charge on any atom is -0.271 e. The first kappa shape index (κ1) is 17.7. The van der Waals surface area contributed by atoms with Crippen molar-refractivity contribution in [3.05, 3.63) is 47.3 Å². The van der Waals surface area contributed by atoms with Gasteiger partial charge in [-0.05, 0) is 37.8 Å². The lowest BCUT2D eigenvalue weighted by Gasteiger charge is -2.15. The van der Waals surface area contributed by atoms with Gasteiger partial charge in [0, 0.05) is 18.8 Å². The molecule has 1 aromatic heterocycles. The van der Waals surface area contributed by atoms with Crippen LogP contribution in [0.5, 0.6) is 0 Å². The summed E-state index contributed by atoms with van der Waals surface area (Å²) in [6, 6.07) is 7.75. The van der Waals surface area contributed by atoms with Gasteiger partial charge in [0.2, 0.25) is 10.0 Å². The molecule has 23 heavy (non-hydrogen) atoms. The maximum Gasteiger partial charge on any atom is 0.244 e. The van der Waals surface area contributed by atoms with Crippen LogP contribution in [0.15, 0.2) is 35.4 Å². The molecule has 1 unspecified atom stereocenters. The second-order valence-corrected chi connectivity index (χ2v) is 7.78. The maximum absolute atomic E-state index is 12.6. The first-order valence-electron chi connectivity index (χ1n) is 7.90. The van der Waals surface area contributed by atoms with Crippen molar-refractivity contribution in [3.63, 3.8) is 0 Å². The topological polar surface area (TPSA) is 64.0 Å². The van der Waals surface area contributed by atoms with Gasteiger partial charge in [-0.1, -0.05) is 38.1 Å². The van der Waals surface area contributed by atoms with Crippen LogP contribution < -0.4 is 4.72 Å². The summed E-state index contributed by atoms with van der Waals surface area (Å²) in [7, 11) is -3.59. The highest BCUT2D eigenvalue weighted by Gasteiger charge is 2.23. The van der Waals surface area contributed by atoms with E-state index in [0.717, 1.165) is 5.56 Å². The largest absolute Gasteiger partial charge is 0.271 e. The molecule has 2 rings (SSSR count). The van der Waals surface area contributed by atoms with Gasteiger partial charge in [0.25, 0.3) is 0 Å². The predicted octanol–water partition coefficient (Wildman–Crippen LogP) is 3.37. The van der Waals surface area contributed by atoms with Gasteiger partial charge in [-0.2, -0.15) is 5.10 Å². The molecule has 1 N–H and O–H groups in total. The summed E-state index contributed by atoms with van der Waals surface area (Å²) in [5.41, 5.74) is 2.70. The molecule has 0 saturated heterocycles. The van der Waals surface area contributed by atoms with Gasteiger partial charge in [-0.25, -0.2) is 13.1 Å². The van der Waals surface area contributed by atoms with Crippen LogP contribution in [0, 0.1) is 6.92 Å². The summed E-state index contributed by atoms with van der Waals surface area (Å²) in [5.74, 6) is 0.457. The second kappa shape index (κ2) is 6.84. The summed E-state index contributed by atoms with van der Waals surface area (Å²) in [6.07, 6.45) is 1.58. The number of hydrogen-bond acceptors (Lipinski definition) is 3. The third kappa shape index (κ3) is 4.00. The van der Waals surface area contributed by atoms with Crippen LogP contribution in [0.25, 0.3) is 0 Å². The van der Waals surface area contributed by atoms with Gasteiger partial charge in [0.1, 0.15) is 4.90 Å². The van der Waals surface area contributed by atoms with E-state index in [1.165, 1.54) is 5.56 Å². The normalized spacial score (nSPS) is 13.5. The lowest BCUT2D eigenvalue weighted by atomic mass is 10.00. The standard InChI is InChI=1S/C17H25N3O2S/c1-6-20-11-17(14(5)18-20)23(21,22)19-13(4)16-9-7-15(8-10-16)12(2)3/h7-13,19H,6H2,1-5H3. The highest BCUT2D eigenvalue weighted by Crippen LogP contribution is 2.21. The van der Waals surface area contributed by atoms with Gasteiger partial charge in [-0.3, -0.25) is 4.68 Å². The third-order valence-electron chi connectivity index (χ3n) is 3.95. The molecule has 0 spiro atoms. The minimum absolute atomic E-state index is 0.241. The lowest BCUT2D eigenvalue weighted by molar-refractivity contribution is 0.566. The first-order valence-corrected chi connectivity index (χ1v) is 9.39. The number of nitrogens with one attached hydrogen (secondary N) is 1. The monoisotopic (exact) mass is 335 g/mol. The molecule has 126 valence electrons. The number of aryl methyl sites for hydroxylation is 2. The predicted molar refractivity (Wildman–Crippen MR) is 91.9 cm³/mol. The molecule has 0 aliphatic carbocycles. The fraction of sp³-hybridized carbons (Fsp3) is 0.471. The Hall–Kier alpha value is -1.66. The Balaban J connectivity index is 2.20. The van der Waals surface area contributed by atoms with Crippen LogP contribution in [0.2, 0.25) is 0 Å². The molecule has 5 nitrogen and oxygen atoms in total. The number of sulfonamides is 1.